The van der Waals surface area contributed by atoms with Crippen LogP contribution in [-0.4, -0.2) is 45.1 Å². The SMILES string of the molecule is CC(NS(=O)(=O)N1CCOCC1)C12CC3CC(CC(C3)C1)C2. The average molecular weight is 328 g/mol. The molecule has 4 aliphatic carbocycles. The van der Waals surface area contributed by atoms with Crippen molar-refractivity contribution in [1.29, 1.82) is 0 Å². The first-order valence-corrected chi connectivity index (χ1v) is 10.3. The molecule has 5 rings (SSSR count). The van der Waals surface area contributed by atoms with E-state index in [1.54, 1.807) is 4.31 Å². The van der Waals surface area contributed by atoms with E-state index in [9.17, 15) is 8.42 Å². The van der Waals surface area contributed by atoms with Crippen molar-refractivity contribution in [3.63, 3.8) is 0 Å². The van der Waals surface area contributed by atoms with Gasteiger partial charge in [-0.05, 0) is 68.6 Å². The number of nitrogens with zero attached hydrogens (tertiary/aromatic N) is 1. The smallest absolute Gasteiger partial charge is 0.279 e. The predicted molar refractivity (Wildman–Crippen MR) is 84.5 cm³/mol. The molecule has 1 unspecified atom stereocenters. The summed E-state index contributed by atoms with van der Waals surface area (Å²) >= 11 is 0. The first kappa shape index (κ1) is 15.4. The van der Waals surface area contributed by atoms with Crippen LogP contribution in [0.5, 0.6) is 0 Å². The third-order valence-corrected chi connectivity index (χ3v) is 8.34. The van der Waals surface area contributed by atoms with E-state index in [-0.39, 0.29) is 11.5 Å². The van der Waals surface area contributed by atoms with Crippen molar-refractivity contribution in [2.75, 3.05) is 26.3 Å². The van der Waals surface area contributed by atoms with Gasteiger partial charge in [0.15, 0.2) is 0 Å². The molecule has 0 spiro atoms. The largest absolute Gasteiger partial charge is 0.379 e. The summed E-state index contributed by atoms with van der Waals surface area (Å²) in [6, 6.07) is 0.0498. The van der Waals surface area contributed by atoms with Crippen LogP contribution in [-0.2, 0) is 14.9 Å². The Kier molecular flexibility index (Phi) is 3.79. The molecular weight excluding hydrogens is 300 g/mol. The van der Waals surface area contributed by atoms with E-state index < -0.39 is 10.2 Å². The summed E-state index contributed by atoms with van der Waals surface area (Å²) in [5, 5.41) is 0. The topological polar surface area (TPSA) is 58.6 Å². The lowest BCUT2D eigenvalue weighted by atomic mass is 9.48. The van der Waals surface area contributed by atoms with Crippen LogP contribution in [0.4, 0.5) is 0 Å². The molecule has 0 amide bonds. The molecule has 1 aliphatic heterocycles. The molecule has 0 aromatic carbocycles. The molecule has 1 saturated heterocycles. The Morgan fingerprint density at radius 1 is 1.05 bits per heavy atom. The van der Waals surface area contributed by atoms with Crippen molar-refractivity contribution in [2.24, 2.45) is 23.2 Å². The van der Waals surface area contributed by atoms with Crippen LogP contribution in [0.2, 0.25) is 0 Å². The van der Waals surface area contributed by atoms with Crippen LogP contribution in [0.1, 0.15) is 45.4 Å². The Morgan fingerprint density at radius 3 is 2.05 bits per heavy atom. The zero-order chi connectivity index (χ0) is 15.4. The van der Waals surface area contributed by atoms with Gasteiger partial charge in [-0.3, -0.25) is 0 Å². The summed E-state index contributed by atoms with van der Waals surface area (Å²) < 4.78 is 35.1. The fourth-order valence-corrected chi connectivity index (χ4v) is 7.39. The maximum absolute atomic E-state index is 12.6. The minimum atomic E-state index is -3.37. The van der Waals surface area contributed by atoms with E-state index in [2.05, 4.69) is 11.6 Å². The minimum absolute atomic E-state index is 0.0498. The van der Waals surface area contributed by atoms with E-state index >= 15 is 0 Å². The highest BCUT2D eigenvalue weighted by molar-refractivity contribution is 7.87. The molecule has 5 nitrogen and oxygen atoms in total. The van der Waals surface area contributed by atoms with E-state index in [4.69, 9.17) is 4.74 Å². The standard InChI is InChI=1S/C16H28N2O3S/c1-12(17-22(19,20)18-2-4-21-5-3-18)16-9-13-6-14(10-16)8-15(7-13)11-16/h12-15,17H,2-11H2,1H3. The molecule has 5 aliphatic rings. The summed E-state index contributed by atoms with van der Waals surface area (Å²) in [6.07, 6.45) is 7.86. The summed E-state index contributed by atoms with van der Waals surface area (Å²) in [5.74, 6) is 2.55. The van der Waals surface area contributed by atoms with E-state index in [1.807, 2.05) is 0 Å². The van der Waals surface area contributed by atoms with Crippen LogP contribution >= 0.6 is 0 Å². The van der Waals surface area contributed by atoms with Gasteiger partial charge in [-0.25, -0.2) is 0 Å². The molecule has 6 heteroatoms. The maximum Gasteiger partial charge on any atom is 0.279 e. The van der Waals surface area contributed by atoms with E-state index in [0.717, 1.165) is 17.8 Å². The Hall–Kier alpha value is -0.170. The van der Waals surface area contributed by atoms with Crippen molar-refractivity contribution in [2.45, 2.75) is 51.5 Å². The molecule has 4 bridgehead atoms. The highest BCUT2D eigenvalue weighted by Crippen LogP contribution is 2.61. The van der Waals surface area contributed by atoms with Crippen molar-refractivity contribution in [3.05, 3.63) is 0 Å². The van der Waals surface area contributed by atoms with E-state index in [0.29, 0.717) is 26.3 Å². The highest BCUT2D eigenvalue weighted by atomic mass is 32.2. The normalized spacial score (nSPS) is 43.4. The molecule has 1 heterocycles. The summed E-state index contributed by atoms with van der Waals surface area (Å²) in [5.41, 5.74) is 0.216. The van der Waals surface area contributed by atoms with Gasteiger partial charge in [0.2, 0.25) is 0 Å². The predicted octanol–water partition coefficient (Wildman–Crippen LogP) is 1.76. The van der Waals surface area contributed by atoms with Crippen LogP contribution in [0.3, 0.4) is 0 Å². The number of rotatable bonds is 4. The van der Waals surface area contributed by atoms with Crippen molar-refractivity contribution in [3.8, 4) is 0 Å². The second-order valence-corrected chi connectivity index (χ2v) is 9.84. The Bertz CT molecular complexity index is 492. The van der Waals surface area contributed by atoms with Gasteiger partial charge in [0.05, 0.1) is 13.2 Å². The van der Waals surface area contributed by atoms with E-state index in [1.165, 1.54) is 38.5 Å². The van der Waals surface area contributed by atoms with Gasteiger partial charge in [0.25, 0.3) is 10.2 Å². The average Bonchev–Trinajstić information content (AvgIpc) is 2.46. The maximum atomic E-state index is 12.6. The molecule has 126 valence electrons. The first-order valence-electron chi connectivity index (χ1n) is 8.82. The summed E-state index contributed by atoms with van der Waals surface area (Å²) in [7, 11) is -3.37. The van der Waals surface area contributed by atoms with Gasteiger partial charge in [0.1, 0.15) is 0 Å². The molecular formula is C16H28N2O3S. The van der Waals surface area contributed by atoms with Gasteiger partial charge >= 0.3 is 0 Å². The molecule has 0 aromatic heterocycles. The third kappa shape index (κ3) is 2.62. The number of nitrogens with one attached hydrogen (secondary N) is 1. The van der Waals surface area contributed by atoms with Crippen LogP contribution < -0.4 is 4.72 Å². The number of hydrogen-bond donors (Lipinski definition) is 1. The monoisotopic (exact) mass is 328 g/mol. The molecule has 0 radical (unpaired) electrons. The number of morpholine rings is 1. The molecule has 5 fully saturated rings. The molecule has 0 aromatic rings. The first-order chi connectivity index (χ1) is 10.5. The van der Waals surface area contributed by atoms with Gasteiger partial charge < -0.3 is 4.74 Å². The molecule has 1 N–H and O–H groups in total. The minimum Gasteiger partial charge on any atom is -0.379 e. The Morgan fingerprint density at radius 2 is 1.55 bits per heavy atom. The van der Waals surface area contributed by atoms with Crippen LogP contribution in [0.15, 0.2) is 0 Å². The fourth-order valence-electron chi connectivity index (χ4n) is 5.92. The third-order valence-electron chi connectivity index (χ3n) is 6.64. The van der Waals surface area contributed by atoms with Gasteiger partial charge in [-0.2, -0.15) is 17.4 Å². The molecule has 22 heavy (non-hydrogen) atoms. The quantitative estimate of drug-likeness (QED) is 0.855. The fraction of sp³-hybridized carbons (Fsp3) is 1.00. The van der Waals surface area contributed by atoms with Crippen molar-refractivity contribution < 1.29 is 13.2 Å². The summed E-state index contributed by atoms with van der Waals surface area (Å²) in [6.45, 7) is 4.07. The lowest BCUT2D eigenvalue weighted by Crippen LogP contribution is -2.58. The molecule has 4 saturated carbocycles. The second kappa shape index (κ2) is 5.43. The number of hydrogen-bond acceptors (Lipinski definition) is 3. The Balaban J connectivity index is 1.48. The lowest BCUT2D eigenvalue weighted by molar-refractivity contribution is -0.0669. The second-order valence-electron chi connectivity index (χ2n) is 8.14. The van der Waals surface area contributed by atoms with Crippen molar-refractivity contribution in [1.82, 2.24) is 9.03 Å². The Labute approximate surface area is 134 Å². The zero-order valence-electron chi connectivity index (χ0n) is 13.5. The summed E-state index contributed by atoms with van der Waals surface area (Å²) in [4.78, 5) is 0. The lowest BCUT2D eigenvalue weighted by Gasteiger charge is -2.59. The van der Waals surface area contributed by atoms with Crippen LogP contribution in [0.25, 0.3) is 0 Å². The van der Waals surface area contributed by atoms with Gasteiger partial charge in [-0.1, -0.05) is 0 Å². The highest BCUT2D eigenvalue weighted by Gasteiger charge is 2.53. The number of ether oxygens (including phenoxy) is 1. The van der Waals surface area contributed by atoms with Crippen molar-refractivity contribution >= 4 is 10.2 Å². The van der Waals surface area contributed by atoms with Gasteiger partial charge in [-0.15, -0.1) is 0 Å². The zero-order valence-corrected chi connectivity index (χ0v) is 14.3. The molecule has 1 atom stereocenters. The van der Waals surface area contributed by atoms with Crippen LogP contribution in [0, 0.1) is 23.2 Å². The van der Waals surface area contributed by atoms with Gasteiger partial charge in [0, 0.05) is 19.1 Å².